The van der Waals surface area contributed by atoms with Crippen molar-refractivity contribution in [1.82, 2.24) is 4.72 Å². The molecule has 0 amide bonds. The highest BCUT2D eigenvalue weighted by atomic mass is 35.5. The Balaban J connectivity index is 2.24. The third-order valence-electron chi connectivity index (χ3n) is 2.39. The fourth-order valence-electron chi connectivity index (χ4n) is 1.39. The number of esters is 1. The summed E-state index contributed by atoms with van der Waals surface area (Å²) in [6, 6.07) is 3.03. The molecule has 0 aromatic carbocycles. The molecule has 0 aliphatic carbocycles. The molecule has 0 aliphatic rings. The van der Waals surface area contributed by atoms with Crippen LogP contribution in [0.25, 0.3) is 0 Å². The van der Waals surface area contributed by atoms with Crippen LogP contribution < -0.4 is 4.72 Å². The summed E-state index contributed by atoms with van der Waals surface area (Å²) in [5.41, 5.74) is 0. The van der Waals surface area contributed by atoms with Crippen LogP contribution in [0.1, 0.15) is 25.7 Å². The van der Waals surface area contributed by atoms with Crippen molar-refractivity contribution >= 4 is 38.9 Å². The van der Waals surface area contributed by atoms with Crippen molar-refractivity contribution in [2.75, 3.05) is 13.7 Å². The Kier molecular flexibility index (Phi) is 6.78. The van der Waals surface area contributed by atoms with Crippen LogP contribution in [0.5, 0.6) is 0 Å². The molecule has 1 rings (SSSR count). The molecule has 0 fully saturated rings. The first-order chi connectivity index (χ1) is 8.95. The van der Waals surface area contributed by atoms with Gasteiger partial charge in [0.25, 0.3) is 0 Å². The molecule has 0 bridgehead atoms. The van der Waals surface area contributed by atoms with Gasteiger partial charge in [-0.2, -0.15) is 0 Å². The third-order valence-corrected chi connectivity index (χ3v) is 5.57. The molecule has 19 heavy (non-hydrogen) atoms. The van der Waals surface area contributed by atoms with E-state index in [0.717, 1.165) is 17.8 Å². The van der Waals surface area contributed by atoms with E-state index in [9.17, 15) is 13.2 Å². The molecule has 0 radical (unpaired) electrons. The molecule has 0 unspecified atom stereocenters. The Hall–Kier alpha value is -0.630. The van der Waals surface area contributed by atoms with E-state index < -0.39 is 10.0 Å². The van der Waals surface area contributed by atoms with Gasteiger partial charge in [0.15, 0.2) is 0 Å². The molecule has 0 saturated carbocycles. The average Bonchev–Trinajstić information content (AvgIpc) is 2.80. The minimum absolute atomic E-state index is 0.215. The summed E-state index contributed by atoms with van der Waals surface area (Å²) < 4.78 is 31.3. The number of rotatable bonds is 8. The van der Waals surface area contributed by atoms with E-state index in [0.29, 0.717) is 30.1 Å². The highest BCUT2D eigenvalue weighted by Crippen LogP contribution is 2.25. The van der Waals surface area contributed by atoms with Gasteiger partial charge in [0.2, 0.25) is 10.0 Å². The minimum Gasteiger partial charge on any atom is -0.469 e. The predicted octanol–water partition coefficient (Wildman–Crippen LogP) is 2.41. The lowest BCUT2D eigenvalue weighted by atomic mass is 10.2. The van der Waals surface area contributed by atoms with Gasteiger partial charge < -0.3 is 4.74 Å². The summed E-state index contributed by atoms with van der Waals surface area (Å²) in [5, 5.41) is 0. The van der Waals surface area contributed by atoms with Gasteiger partial charge in [-0.3, -0.25) is 4.79 Å². The SMILES string of the molecule is COC(=O)CCCCCNS(=O)(=O)c1ccc(Cl)s1. The summed E-state index contributed by atoms with van der Waals surface area (Å²) in [7, 11) is -2.11. The number of methoxy groups -OCH3 is 1. The second-order valence-electron chi connectivity index (χ2n) is 3.84. The van der Waals surface area contributed by atoms with Gasteiger partial charge >= 0.3 is 5.97 Å². The van der Waals surface area contributed by atoms with Crippen molar-refractivity contribution in [1.29, 1.82) is 0 Å². The summed E-state index contributed by atoms with van der Waals surface area (Å²) in [6.07, 6.45) is 2.50. The molecule has 5 nitrogen and oxygen atoms in total. The van der Waals surface area contributed by atoms with E-state index in [1.807, 2.05) is 0 Å². The number of nitrogens with one attached hydrogen (secondary N) is 1. The van der Waals surface area contributed by atoms with E-state index >= 15 is 0 Å². The van der Waals surface area contributed by atoms with Crippen LogP contribution in [-0.4, -0.2) is 28.0 Å². The van der Waals surface area contributed by atoms with Crippen LogP contribution in [0.4, 0.5) is 0 Å². The Morgan fingerprint density at radius 3 is 2.68 bits per heavy atom. The Morgan fingerprint density at radius 2 is 2.11 bits per heavy atom. The zero-order valence-electron chi connectivity index (χ0n) is 10.5. The van der Waals surface area contributed by atoms with Gasteiger partial charge in [0, 0.05) is 13.0 Å². The van der Waals surface area contributed by atoms with Crippen LogP contribution in [-0.2, 0) is 19.6 Å². The van der Waals surface area contributed by atoms with Crippen LogP contribution in [0, 0.1) is 0 Å². The highest BCUT2D eigenvalue weighted by molar-refractivity contribution is 7.91. The summed E-state index contributed by atoms with van der Waals surface area (Å²) in [6.45, 7) is 0.346. The maximum atomic E-state index is 11.8. The van der Waals surface area contributed by atoms with Crippen LogP contribution in [0.2, 0.25) is 4.34 Å². The third kappa shape index (κ3) is 5.90. The number of carbonyl (C=O) groups is 1. The first-order valence-electron chi connectivity index (χ1n) is 5.77. The monoisotopic (exact) mass is 325 g/mol. The molecule has 1 aromatic heterocycles. The van der Waals surface area contributed by atoms with E-state index in [4.69, 9.17) is 11.6 Å². The minimum atomic E-state index is -3.46. The molecule has 1 heterocycles. The number of hydrogen-bond acceptors (Lipinski definition) is 5. The van der Waals surface area contributed by atoms with E-state index in [-0.39, 0.29) is 10.2 Å². The topological polar surface area (TPSA) is 72.5 Å². The van der Waals surface area contributed by atoms with E-state index in [2.05, 4.69) is 9.46 Å². The number of hydrogen-bond donors (Lipinski definition) is 1. The zero-order chi connectivity index (χ0) is 14.3. The van der Waals surface area contributed by atoms with Crippen molar-refractivity contribution in [3.05, 3.63) is 16.5 Å². The van der Waals surface area contributed by atoms with Crippen LogP contribution >= 0.6 is 22.9 Å². The van der Waals surface area contributed by atoms with Crippen molar-refractivity contribution in [2.24, 2.45) is 0 Å². The van der Waals surface area contributed by atoms with E-state index in [1.54, 1.807) is 6.07 Å². The molecule has 0 aliphatic heterocycles. The predicted molar refractivity (Wildman–Crippen MR) is 75.0 cm³/mol. The highest BCUT2D eigenvalue weighted by Gasteiger charge is 2.15. The second kappa shape index (κ2) is 7.84. The first kappa shape index (κ1) is 16.4. The number of unbranched alkanes of at least 4 members (excludes halogenated alkanes) is 2. The lowest BCUT2D eigenvalue weighted by Gasteiger charge is -2.04. The Bertz CT molecular complexity index is 513. The van der Waals surface area contributed by atoms with Gasteiger partial charge in [-0.05, 0) is 25.0 Å². The largest absolute Gasteiger partial charge is 0.469 e. The van der Waals surface area contributed by atoms with Crippen molar-refractivity contribution < 1.29 is 17.9 Å². The van der Waals surface area contributed by atoms with Gasteiger partial charge in [-0.25, -0.2) is 13.1 Å². The second-order valence-corrected chi connectivity index (χ2v) is 7.55. The molecular formula is C11H16ClNO4S2. The summed E-state index contributed by atoms with van der Waals surface area (Å²) >= 11 is 6.72. The molecule has 108 valence electrons. The van der Waals surface area contributed by atoms with Gasteiger partial charge in [0.1, 0.15) is 4.21 Å². The van der Waals surface area contributed by atoms with Crippen LogP contribution in [0.15, 0.2) is 16.3 Å². The molecule has 0 atom stereocenters. The molecule has 1 N–H and O–H groups in total. The quantitative estimate of drug-likeness (QED) is 0.588. The number of halogens is 1. The standard InChI is InChI=1S/C11H16ClNO4S2/c1-17-10(14)5-3-2-4-8-13-19(15,16)11-7-6-9(12)18-11/h6-7,13H,2-5,8H2,1H3. The maximum Gasteiger partial charge on any atom is 0.305 e. The molecule has 8 heteroatoms. The number of sulfonamides is 1. The Morgan fingerprint density at radius 1 is 1.37 bits per heavy atom. The lowest BCUT2D eigenvalue weighted by Crippen LogP contribution is -2.23. The molecule has 0 spiro atoms. The number of ether oxygens (including phenoxy) is 1. The first-order valence-corrected chi connectivity index (χ1v) is 8.45. The fraction of sp³-hybridized carbons (Fsp3) is 0.545. The number of carbonyl (C=O) groups excluding carboxylic acids is 1. The van der Waals surface area contributed by atoms with Crippen LogP contribution in [0.3, 0.4) is 0 Å². The van der Waals surface area contributed by atoms with Crippen molar-refractivity contribution in [2.45, 2.75) is 29.9 Å². The normalized spacial score (nSPS) is 11.5. The lowest BCUT2D eigenvalue weighted by molar-refractivity contribution is -0.140. The maximum absolute atomic E-state index is 11.8. The summed E-state index contributed by atoms with van der Waals surface area (Å²) in [5.74, 6) is -0.242. The molecule has 0 saturated heterocycles. The van der Waals surface area contributed by atoms with Gasteiger partial charge in [-0.15, -0.1) is 11.3 Å². The van der Waals surface area contributed by atoms with Crippen molar-refractivity contribution in [3.63, 3.8) is 0 Å². The van der Waals surface area contributed by atoms with Gasteiger partial charge in [0.05, 0.1) is 11.4 Å². The fourth-order valence-corrected chi connectivity index (χ4v) is 3.99. The van der Waals surface area contributed by atoms with E-state index in [1.165, 1.54) is 13.2 Å². The smallest absolute Gasteiger partial charge is 0.305 e. The molecular weight excluding hydrogens is 310 g/mol. The average molecular weight is 326 g/mol. The van der Waals surface area contributed by atoms with Gasteiger partial charge in [-0.1, -0.05) is 18.0 Å². The zero-order valence-corrected chi connectivity index (χ0v) is 12.9. The van der Waals surface area contributed by atoms with Crippen molar-refractivity contribution in [3.8, 4) is 0 Å². The Labute approximate surface area is 122 Å². The molecule has 1 aromatic rings. The summed E-state index contributed by atoms with van der Waals surface area (Å²) in [4.78, 5) is 10.8. The number of thiophene rings is 1.